The summed E-state index contributed by atoms with van der Waals surface area (Å²) in [6, 6.07) is 9.81. The standard InChI is InChI=1S/C17H17N3O2S.ClH/c1-4-22-17(21)14-10(2)13-15(18-11(3)19-16(13)23-14)20-12-8-6-5-7-9-12;/h5-9H,4H2,1-3H3,(H,18,19,20);1H/p-1. The van der Waals surface area contributed by atoms with Crippen LogP contribution in [0.25, 0.3) is 10.2 Å². The number of thiophene rings is 1. The number of esters is 1. The van der Waals surface area contributed by atoms with E-state index in [2.05, 4.69) is 15.3 Å². The topological polar surface area (TPSA) is 64.1 Å². The summed E-state index contributed by atoms with van der Waals surface area (Å²) in [7, 11) is 0. The Bertz CT molecular complexity index is 865. The number of para-hydroxylation sites is 1. The summed E-state index contributed by atoms with van der Waals surface area (Å²) in [6.07, 6.45) is 0. The number of ether oxygens (including phenoxy) is 1. The number of halogens is 1. The lowest BCUT2D eigenvalue weighted by atomic mass is 10.2. The van der Waals surface area contributed by atoms with Crippen LogP contribution in [0.3, 0.4) is 0 Å². The van der Waals surface area contributed by atoms with Crippen molar-refractivity contribution in [3.63, 3.8) is 0 Å². The van der Waals surface area contributed by atoms with Gasteiger partial charge in [-0.1, -0.05) is 18.2 Å². The van der Waals surface area contributed by atoms with Crippen LogP contribution in [0.1, 0.15) is 28.0 Å². The van der Waals surface area contributed by atoms with Gasteiger partial charge in [-0.2, -0.15) is 0 Å². The van der Waals surface area contributed by atoms with E-state index in [1.54, 1.807) is 6.92 Å². The van der Waals surface area contributed by atoms with Crippen LogP contribution in [0, 0.1) is 13.8 Å². The molecule has 0 unspecified atom stereocenters. The first-order valence-corrected chi connectivity index (χ1v) is 8.18. The predicted octanol–water partition coefficient (Wildman–Crippen LogP) is 1.23. The highest BCUT2D eigenvalue weighted by Gasteiger charge is 2.20. The Hall–Kier alpha value is -2.18. The molecule has 24 heavy (non-hydrogen) atoms. The van der Waals surface area contributed by atoms with Crippen molar-refractivity contribution in [1.29, 1.82) is 0 Å². The van der Waals surface area contributed by atoms with Crippen LogP contribution in [-0.2, 0) is 4.74 Å². The van der Waals surface area contributed by atoms with Crippen molar-refractivity contribution in [1.82, 2.24) is 9.97 Å². The largest absolute Gasteiger partial charge is 1.00 e. The summed E-state index contributed by atoms with van der Waals surface area (Å²) in [5, 5.41) is 4.18. The van der Waals surface area contributed by atoms with E-state index in [0.717, 1.165) is 21.5 Å². The Morgan fingerprint density at radius 1 is 1.21 bits per heavy atom. The van der Waals surface area contributed by atoms with E-state index in [4.69, 9.17) is 4.74 Å². The molecule has 7 heteroatoms. The zero-order chi connectivity index (χ0) is 16.4. The fraction of sp³-hybridized carbons (Fsp3) is 0.235. The molecule has 0 saturated heterocycles. The molecule has 0 fully saturated rings. The lowest BCUT2D eigenvalue weighted by Gasteiger charge is -2.08. The summed E-state index contributed by atoms with van der Waals surface area (Å²) >= 11 is 1.35. The summed E-state index contributed by atoms with van der Waals surface area (Å²) in [5.74, 6) is 1.06. The van der Waals surface area contributed by atoms with Crippen molar-refractivity contribution in [2.24, 2.45) is 0 Å². The lowest BCUT2D eigenvalue weighted by Crippen LogP contribution is -3.00. The Kier molecular flexibility index (Phi) is 5.75. The van der Waals surface area contributed by atoms with Gasteiger partial charge in [0.05, 0.1) is 12.0 Å². The van der Waals surface area contributed by atoms with Crippen LogP contribution in [0.2, 0.25) is 0 Å². The molecule has 0 radical (unpaired) electrons. The minimum atomic E-state index is -0.309. The number of carbonyl (C=O) groups excluding carboxylic acids is 1. The second kappa shape index (κ2) is 7.59. The van der Waals surface area contributed by atoms with Gasteiger partial charge in [-0.3, -0.25) is 0 Å². The minimum Gasteiger partial charge on any atom is -1.00 e. The molecule has 0 amide bonds. The predicted molar refractivity (Wildman–Crippen MR) is 92.6 cm³/mol. The van der Waals surface area contributed by atoms with E-state index in [9.17, 15) is 4.79 Å². The number of nitrogens with one attached hydrogen (secondary N) is 1. The van der Waals surface area contributed by atoms with Gasteiger partial charge in [0.15, 0.2) is 0 Å². The molecule has 126 valence electrons. The Morgan fingerprint density at radius 3 is 2.58 bits per heavy atom. The lowest BCUT2D eigenvalue weighted by molar-refractivity contribution is -0.0000231. The second-order valence-electron chi connectivity index (χ2n) is 5.07. The third kappa shape index (κ3) is 3.49. The Labute approximate surface area is 150 Å². The molecule has 0 bridgehead atoms. The van der Waals surface area contributed by atoms with Crippen molar-refractivity contribution in [2.75, 3.05) is 11.9 Å². The van der Waals surface area contributed by atoms with Crippen molar-refractivity contribution < 1.29 is 21.9 Å². The van der Waals surface area contributed by atoms with Crippen molar-refractivity contribution in [3.8, 4) is 0 Å². The smallest absolute Gasteiger partial charge is 0.348 e. The van der Waals surface area contributed by atoms with Crippen LogP contribution in [0.4, 0.5) is 11.5 Å². The molecule has 0 aliphatic carbocycles. The van der Waals surface area contributed by atoms with Crippen molar-refractivity contribution >= 4 is 39.0 Å². The summed E-state index contributed by atoms with van der Waals surface area (Å²) < 4.78 is 5.13. The van der Waals surface area contributed by atoms with Gasteiger partial charge in [0, 0.05) is 5.69 Å². The maximum Gasteiger partial charge on any atom is 0.348 e. The molecular formula is C17H17ClN3O2S-. The first-order valence-electron chi connectivity index (χ1n) is 7.37. The number of anilines is 2. The summed E-state index contributed by atoms with van der Waals surface area (Å²) in [5.41, 5.74) is 1.79. The average molecular weight is 363 g/mol. The molecule has 3 rings (SSSR count). The molecule has 0 aliphatic rings. The maximum atomic E-state index is 12.1. The third-order valence-corrected chi connectivity index (χ3v) is 4.57. The molecule has 5 nitrogen and oxygen atoms in total. The zero-order valence-electron chi connectivity index (χ0n) is 13.6. The number of rotatable bonds is 4. The van der Waals surface area contributed by atoms with Crippen molar-refractivity contribution in [3.05, 3.63) is 46.6 Å². The molecular weight excluding hydrogens is 346 g/mol. The van der Waals surface area contributed by atoms with Gasteiger partial charge in [0.25, 0.3) is 0 Å². The first kappa shape index (κ1) is 18.2. The normalized spacial score (nSPS) is 10.3. The number of benzene rings is 1. The molecule has 0 atom stereocenters. The second-order valence-corrected chi connectivity index (χ2v) is 6.07. The van der Waals surface area contributed by atoms with Gasteiger partial charge in [0.1, 0.15) is 21.3 Å². The van der Waals surface area contributed by atoms with E-state index < -0.39 is 0 Å². The van der Waals surface area contributed by atoms with E-state index in [-0.39, 0.29) is 18.4 Å². The number of hydrogen-bond donors (Lipinski definition) is 1. The number of hydrogen-bond acceptors (Lipinski definition) is 6. The van der Waals surface area contributed by atoms with Crippen LogP contribution in [-0.4, -0.2) is 22.5 Å². The van der Waals surface area contributed by atoms with Crippen LogP contribution >= 0.6 is 11.3 Å². The number of fused-ring (bicyclic) bond motifs is 1. The van der Waals surface area contributed by atoms with Gasteiger partial charge >= 0.3 is 5.97 Å². The summed E-state index contributed by atoms with van der Waals surface area (Å²) in [4.78, 5) is 22.4. The van der Waals surface area contributed by atoms with Gasteiger partial charge in [-0.25, -0.2) is 14.8 Å². The SMILES string of the molecule is CCOC(=O)c1sc2nc(C)nc(Nc3ccccc3)c2c1C.[Cl-]. The zero-order valence-corrected chi connectivity index (χ0v) is 15.2. The molecule has 2 heterocycles. The highest BCUT2D eigenvalue weighted by Crippen LogP contribution is 2.35. The third-order valence-electron chi connectivity index (χ3n) is 3.40. The fourth-order valence-corrected chi connectivity index (χ4v) is 3.51. The molecule has 1 aromatic carbocycles. The van der Waals surface area contributed by atoms with Gasteiger partial charge in [0.2, 0.25) is 0 Å². The number of aromatic nitrogens is 2. The molecule has 0 aliphatic heterocycles. The highest BCUT2D eigenvalue weighted by atomic mass is 35.5. The molecule has 3 aromatic rings. The maximum absolute atomic E-state index is 12.1. The van der Waals surface area contributed by atoms with Crippen molar-refractivity contribution in [2.45, 2.75) is 20.8 Å². The first-order chi connectivity index (χ1) is 11.1. The molecule has 2 aromatic heterocycles. The minimum absolute atomic E-state index is 0. The average Bonchev–Trinajstić information content (AvgIpc) is 2.85. The monoisotopic (exact) mass is 362 g/mol. The number of aryl methyl sites for hydroxylation is 2. The highest BCUT2D eigenvalue weighted by molar-refractivity contribution is 7.20. The van der Waals surface area contributed by atoms with E-state index >= 15 is 0 Å². The molecule has 0 saturated carbocycles. The van der Waals surface area contributed by atoms with E-state index in [1.165, 1.54) is 11.3 Å². The molecule has 0 spiro atoms. The molecule has 1 N–H and O–H groups in total. The number of carbonyl (C=O) groups is 1. The number of nitrogens with zero attached hydrogens (tertiary/aromatic N) is 2. The van der Waals surface area contributed by atoms with Crippen LogP contribution in [0.15, 0.2) is 30.3 Å². The van der Waals surface area contributed by atoms with Gasteiger partial charge < -0.3 is 22.5 Å². The van der Waals surface area contributed by atoms with E-state index in [0.29, 0.717) is 23.1 Å². The van der Waals surface area contributed by atoms with E-state index in [1.807, 2.05) is 44.2 Å². The van der Waals surface area contributed by atoms with Gasteiger partial charge in [-0.15, -0.1) is 11.3 Å². The Morgan fingerprint density at radius 2 is 1.92 bits per heavy atom. The van der Waals surface area contributed by atoms with Crippen LogP contribution < -0.4 is 17.7 Å². The Balaban J connectivity index is 0.00000208. The summed E-state index contributed by atoms with van der Waals surface area (Å²) in [6.45, 7) is 5.90. The fourth-order valence-electron chi connectivity index (χ4n) is 2.39. The quantitative estimate of drug-likeness (QED) is 0.707. The van der Waals surface area contributed by atoms with Crippen LogP contribution in [0.5, 0.6) is 0 Å². The van der Waals surface area contributed by atoms with Gasteiger partial charge in [-0.05, 0) is 38.5 Å².